The Hall–Kier alpha value is -2.08. The summed E-state index contributed by atoms with van der Waals surface area (Å²) in [7, 11) is 0. The van der Waals surface area contributed by atoms with Gasteiger partial charge >= 0.3 is 0 Å². The summed E-state index contributed by atoms with van der Waals surface area (Å²) in [6.07, 6.45) is 3.48. The third-order valence-electron chi connectivity index (χ3n) is 3.65. The van der Waals surface area contributed by atoms with Crippen LogP contribution in [0.2, 0.25) is 5.15 Å². The highest BCUT2D eigenvalue weighted by atomic mass is 35.5. The molecule has 0 radical (unpaired) electrons. The highest BCUT2D eigenvalue weighted by Crippen LogP contribution is 2.12. The summed E-state index contributed by atoms with van der Waals surface area (Å²) >= 11 is 5.79. The van der Waals surface area contributed by atoms with Crippen LogP contribution in [0.15, 0.2) is 27.8 Å². The van der Waals surface area contributed by atoms with E-state index in [0.29, 0.717) is 11.7 Å². The molecule has 0 saturated carbocycles. The molecule has 0 spiro atoms. The van der Waals surface area contributed by atoms with Crippen molar-refractivity contribution in [2.75, 3.05) is 19.6 Å². The number of nitrogens with one attached hydrogen (secondary N) is 2. The number of nitrogens with zero attached hydrogens (tertiary/aromatic N) is 3. The number of aromatic nitrogens is 2. The fourth-order valence-corrected chi connectivity index (χ4v) is 2.47. The average molecular weight is 350 g/mol. The van der Waals surface area contributed by atoms with Crippen LogP contribution in [-0.2, 0) is 12.8 Å². The predicted octanol–water partition coefficient (Wildman–Crippen LogP) is 2.68. The van der Waals surface area contributed by atoms with E-state index in [1.54, 1.807) is 12.3 Å². The molecule has 0 fully saturated rings. The van der Waals surface area contributed by atoms with Gasteiger partial charge in [-0.1, -0.05) is 22.8 Å². The van der Waals surface area contributed by atoms with Gasteiger partial charge in [-0.25, -0.2) is 4.98 Å². The second kappa shape index (κ2) is 9.27. The van der Waals surface area contributed by atoms with Gasteiger partial charge in [-0.3, -0.25) is 4.99 Å². The molecule has 2 heterocycles. The lowest BCUT2D eigenvalue weighted by atomic mass is 10.1. The van der Waals surface area contributed by atoms with E-state index in [2.05, 4.69) is 32.7 Å². The van der Waals surface area contributed by atoms with Gasteiger partial charge in [-0.15, -0.1) is 0 Å². The van der Waals surface area contributed by atoms with Gasteiger partial charge in [0.25, 0.3) is 0 Å². The van der Waals surface area contributed by atoms with E-state index in [1.165, 1.54) is 0 Å². The zero-order valence-electron chi connectivity index (χ0n) is 14.4. The maximum absolute atomic E-state index is 5.79. The molecule has 24 heavy (non-hydrogen) atoms. The molecule has 0 unspecified atom stereocenters. The summed E-state index contributed by atoms with van der Waals surface area (Å²) in [4.78, 5) is 8.69. The molecule has 0 aliphatic carbocycles. The van der Waals surface area contributed by atoms with Crippen LogP contribution in [-0.4, -0.2) is 35.7 Å². The fourth-order valence-electron chi connectivity index (χ4n) is 2.36. The van der Waals surface area contributed by atoms with Crippen LogP contribution in [0, 0.1) is 13.8 Å². The van der Waals surface area contributed by atoms with Crippen LogP contribution >= 0.6 is 11.6 Å². The molecule has 2 N–H and O–H groups in total. The maximum Gasteiger partial charge on any atom is 0.191 e. The topological polar surface area (TPSA) is 75.3 Å². The number of halogens is 1. The van der Waals surface area contributed by atoms with Crippen molar-refractivity contribution in [3.63, 3.8) is 0 Å². The lowest BCUT2D eigenvalue weighted by Gasteiger charge is -2.11. The molecule has 0 aliphatic heterocycles. The Bertz CT molecular complexity index is 647. The second-order valence-electron chi connectivity index (χ2n) is 5.48. The minimum Gasteiger partial charge on any atom is -0.361 e. The SMILES string of the molecule is CCNC(=NCCc1c(C)noc1C)NCCc1ccc(Cl)nc1. The van der Waals surface area contributed by atoms with Gasteiger partial charge in [0.05, 0.1) is 5.69 Å². The van der Waals surface area contributed by atoms with Crippen molar-refractivity contribution >= 4 is 17.6 Å². The molecule has 0 atom stereocenters. The second-order valence-corrected chi connectivity index (χ2v) is 5.87. The van der Waals surface area contributed by atoms with Gasteiger partial charge < -0.3 is 15.2 Å². The van der Waals surface area contributed by atoms with Crippen molar-refractivity contribution in [1.29, 1.82) is 0 Å². The molecule has 0 saturated heterocycles. The van der Waals surface area contributed by atoms with Crippen LogP contribution in [0.3, 0.4) is 0 Å². The molecular formula is C17H24ClN5O. The van der Waals surface area contributed by atoms with Gasteiger partial charge in [0, 0.05) is 31.4 Å². The van der Waals surface area contributed by atoms with Crippen molar-refractivity contribution in [3.8, 4) is 0 Å². The Kier molecular flexibility index (Phi) is 7.06. The molecule has 2 rings (SSSR count). The zero-order valence-corrected chi connectivity index (χ0v) is 15.2. The van der Waals surface area contributed by atoms with Crippen LogP contribution < -0.4 is 10.6 Å². The Morgan fingerprint density at radius 2 is 2.08 bits per heavy atom. The van der Waals surface area contributed by atoms with E-state index in [1.807, 2.05) is 19.9 Å². The summed E-state index contributed by atoms with van der Waals surface area (Å²) in [5.74, 6) is 1.68. The van der Waals surface area contributed by atoms with Crippen molar-refractivity contribution in [1.82, 2.24) is 20.8 Å². The van der Waals surface area contributed by atoms with Crippen LogP contribution in [0.5, 0.6) is 0 Å². The molecule has 2 aromatic rings. The number of rotatable bonds is 7. The Morgan fingerprint density at radius 3 is 2.71 bits per heavy atom. The molecule has 0 aromatic carbocycles. The number of aryl methyl sites for hydroxylation is 2. The van der Waals surface area contributed by atoms with Gasteiger partial charge in [-0.05, 0) is 45.2 Å². The van der Waals surface area contributed by atoms with E-state index in [-0.39, 0.29) is 0 Å². The minimum atomic E-state index is 0.515. The largest absolute Gasteiger partial charge is 0.361 e. The molecule has 0 amide bonds. The molecule has 130 valence electrons. The Balaban J connectivity index is 1.83. The summed E-state index contributed by atoms with van der Waals surface area (Å²) in [6.45, 7) is 8.22. The van der Waals surface area contributed by atoms with Crippen molar-refractivity contribution < 1.29 is 4.52 Å². The van der Waals surface area contributed by atoms with Gasteiger partial charge in [0.2, 0.25) is 0 Å². The highest BCUT2D eigenvalue weighted by Gasteiger charge is 2.08. The zero-order chi connectivity index (χ0) is 17.4. The summed E-state index contributed by atoms with van der Waals surface area (Å²) in [6, 6.07) is 3.79. The maximum atomic E-state index is 5.79. The van der Waals surface area contributed by atoms with E-state index >= 15 is 0 Å². The Labute approximate surface area is 147 Å². The van der Waals surface area contributed by atoms with Gasteiger partial charge in [0.15, 0.2) is 5.96 Å². The molecule has 0 aliphatic rings. The third-order valence-corrected chi connectivity index (χ3v) is 3.88. The van der Waals surface area contributed by atoms with E-state index in [4.69, 9.17) is 16.1 Å². The van der Waals surface area contributed by atoms with Crippen molar-refractivity contribution in [2.45, 2.75) is 33.6 Å². The first-order chi connectivity index (χ1) is 11.6. The highest BCUT2D eigenvalue weighted by molar-refractivity contribution is 6.29. The molecule has 6 nitrogen and oxygen atoms in total. The fraction of sp³-hybridized carbons (Fsp3) is 0.471. The predicted molar refractivity (Wildman–Crippen MR) is 96.6 cm³/mol. The van der Waals surface area contributed by atoms with Crippen LogP contribution in [0.25, 0.3) is 0 Å². The molecule has 0 bridgehead atoms. The Morgan fingerprint density at radius 1 is 1.25 bits per heavy atom. The average Bonchev–Trinajstić information content (AvgIpc) is 2.88. The standard InChI is InChI=1S/C17H24ClN5O/c1-4-19-17(20-9-7-14-5-6-16(18)22-11-14)21-10-8-15-12(2)23-24-13(15)3/h5-6,11H,4,7-10H2,1-3H3,(H2,19,20,21). The lowest BCUT2D eigenvalue weighted by Crippen LogP contribution is -2.38. The monoisotopic (exact) mass is 349 g/mol. The number of pyridine rings is 1. The normalized spacial score (nSPS) is 11.6. The lowest BCUT2D eigenvalue weighted by molar-refractivity contribution is 0.392. The molecular weight excluding hydrogens is 326 g/mol. The van der Waals surface area contributed by atoms with Crippen molar-refractivity contribution in [3.05, 3.63) is 46.1 Å². The number of hydrogen-bond acceptors (Lipinski definition) is 4. The summed E-state index contributed by atoms with van der Waals surface area (Å²) < 4.78 is 5.18. The van der Waals surface area contributed by atoms with Gasteiger partial charge in [-0.2, -0.15) is 0 Å². The van der Waals surface area contributed by atoms with Crippen LogP contribution in [0.1, 0.15) is 29.5 Å². The third kappa shape index (κ3) is 5.53. The first kappa shape index (κ1) is 18.3. The van der Waals surface area contributed by atoms with Gasteiger partial charge in [0.1, 0.15) is 10.9 Å². The number of aliphatic imine (C=N–C) groups is 1. The minimum absolute atomic E-state index is 0.515. The summed E-state index contributed by atoms with van der Waals surface area (Å²) in [5.41, 5.74) is 3.22. The van der Waals surface area contributed by atoms with Crippen molar-refractivity contribution in [2.24, 2.45) is 4.99 Å². The first-order valence-electron chi connectivity index (χ1n) is 8.14. The number of guanidine groups is 1. The van der Waals surface area contributed by atoms with E-state index in [9.17, 15) is 0 Å². The van der Waals surface area contributed by atoms with E-state index in [0.717, 1.165) is 54.5 Å². The first-order valence-corrected chi connectivity index (χ1v) is 8.52. The van der Waals surface area contributed by atoms with E-state index < -0.39 is 0 Å². The molecule has 2 aromatic heterocycles. The molecule has 7 heteroatoms. The number of hydrogen-bond donors (Lipinski definition) is 2. The smallest absolute Gasteiger partial charge is 0.191 e. The quantitative estimate of drug-likeness (QED) is 0.456. The van der Waals surface area contributed by atoms with Crippen LogP contribution in [0.4, 0.5) is 0 Å². The summed E-state index contributed by atoms with van der Waals surface area (Å²) in [5, 5.41) is 11.1.